The van der Waals surface area contributed by atoms with Crippen LogP contribution in [0.25, 0.3) is 22.3 Å². The maximum atomic E-state index is 12.1. The van der Waals surface area contributed by atoms with E-state index in [1.165, 1.54) is 0 Å². The van der Waals surface area contributed by atoms with Crippen molar-refractivity contribution < 1.29 is 0 Å². The van der Waals surface area contributed by atoms with Gasteiger partial charge in [0.05, 0.1) is 0 Å². The van der Waals surface area contributed by atoms with E-state index in [0.29, 0.717) is 5.65 Å². The summed E-state index contributed by atoms with van der Waals surface area (Å²) in [4.78, 5) is 19.4. The van der Waals surface area contributed by atoms with Crippen molar-refractivity contribution in [3.8, 4) is 11.3 Å². The third-order valence-corrected chi connectivity index (χ3v) is 3.32. The molecule has 0 spiro atoms. The molecule has 3 aromatic rings. The predicted octanol–water partition coefficient (Wildman–Crippen LogP) is 3.15. The van der Waals surface area contributed by atoms with Gasteiger partial charge < -0.3 is 4.98 Å². The Hall–Kier alpha value is -2.36. The van der Waals surface area contributed by atoms with Crippen molar-refractivity contribution in [2.75, 3.05) is 0 Å². The third-order valence-electron chi connectivity index (χ3n) is 3.32. The molecular formula is C16H17N3O. The van der Waals surface area contributed by atoms with Crippen LogP contribution in [0, 0.1) is 0 Å². The molecule has 102 valence electrons. The van der Waals surface area contributed by atoms with Gasteiger partial charge in [0.2, 0.25) is 0 Å². The van der Waals surface area contributed by atoms with Crippen molar-refractivity contribution in [3.05, 3.63) is 53.1 Å². The molecule has 0 amide bonds. The molecule has 3 rings (SSSR count). The largest absolute Gasteiger partial charge is 0.350 e. The molecule has 0 aliphatic heterocycles. The van der Waals surface area contributed by atoms with E-state index in [9.17, 15) is 4.79 Å². The van der Waals surface area contributed by atoms with Crippen LogP contribution in [-0.2, 0) is 5.54 Å². The van der Waals surface area contributed by atoms with Crippen LogP contribution in [0.5, 0.6) is 0 Å². The van der Waals surface area contributed by atoms with E-state index in [1.807, 2.05) is 63.4 Å². The lowest BCUT2D eigenvalue weighted by atomic mass is 10.1. The van der Waals surface area contributed by atoms with Crippen LogP contribution in [0.4, 0.5) is 0 Å². The van der Waals surface area contributed by atoms with E-state index in [-0.39, 0.29) is 11.2 Å². The van der Waals surface area contributed by atoms with Gasteiger partial charge in [-0.25, -0.2) is 4.79 Å². The summed E-state index contributed by atoms with van der Waals surface area (Å²) in [5.74, 6) is 0. The molecule has 4 nitrogen and oxygen atoms in total. The number of hydrogen-bond donors (Lipinski definition) is 1. The topological polar surface area (TPSA) is 50.7 Å². The number of aromatic nitrogens is 3. The molecule has 0 fully saturated rings. The van der Waals surface area contributed by atoms with Crippen molar-refractivity contribution in [1.29, 1.82) is 0 Å². The summed E-state index contributed by atoms with van der Waals surface area (Å²) in [5, 5.41) is 0.943. The zero-order chi connectivity index (χ0) is 14.3. The highest BCUT2D eigenvalue weighted by Crippen LogP contribution is 2.23. The molecule has 20 heavy (non-hydrogen) atoms. The lowest BCUT2D eigenvalue weighted by molar-refractivity contribution is 0.380. The first-order valence-corrected chi connectivity index (χ1v) is 6.63. The van der Waals surface area contributed by atoms with Crippen LogP contribution in [-0.4, -0.2) is 14.5 Å². The standard InChI is InChI=1S/C16H17N3O/c1-16(2,3)19-10-12-9-13(11-7-5-4-6-8-11)17-14(12)18-15(19)20/h4-10H,1-3H3,(H,17,18,20). The molecule has 0 aliphatic rings. The number of fused-ring (bicyclic) bond motifs is 1. The fourth-order valence-electron chi connectivity index (χ4n) is 2.25. The van der Waals surface area contributed by atoms with Gasteiger partial charge in [-0.3, -0.25) is 4.57 Å². The van der Waals surface area contributed by atoms with Crippen molar-refractivity contribution >= 4 is 11.0 Å². The number of nitrogens with one attached hydrogen (secondary N) is 1. The summed E-state index contributed by atoms with van der Waals surface area (Å²) in [6.45, 7) is 5.98. The number of H-pyrrole nitrogens is 1. The summed E-state index contributed by atoms with van der Waals surface area (Å²) >= 11 is 0. The molecule has 1 N–H and O–H groups in total. The van der Waals surface area contributed by atoms with Gasteiger partial charge in [-0.15, -0.1) is 0 Å². The molecule has 2 heterocycles. The normalized spacial score (nSPS) is 11.9. The Bertz CT molecular complexity index is 807. The second kappa shape index (κ2) is 4.34. The monoisotopic (exact) mass is 267 g/mol. The van der Waals surface area contributed by atoms with Crippen LogP contribution in [0.1, 0.15) is 20.8 Å². The van der Waals surface area contributed by atoms with E-state index < -0.39 is 0 Å². The zero-order valence-electron chi connectivity index (χ0n) is 11.8. The Kier molecular flexibility index (Phi) is 2.74. The molecule has 0 saturated carbocycles. The fraction of sp³-hybridized carbons (Fsp3) is 0.250. The SMILES string of the molecule is CC(C)(C)n1cc2cc(-c3ccccc3)[nH]c2nc1=O. The van der Waals surface area contributed by atoms with Crippen LogP contribution in [0.2, 0.25) is 0 Å². The summed E-state index contributed by atoms with van der Waals surface area (Å²) < 4.78 is 1.66. The number of hydrogen-bond acceptors (Lipinski definition) is 2. The van der Waals surface area contributed by atoms with E-state index >= 15 is 0 Å². The Morgan fingerprint density at radius 3 is 2.50 bits per heavy atom. The van der Waals surface area contributed by atoms with E-state index in [4.69, 9.17) is 0 Å². The highest BCUT2D eigenvalue weighted by Gasteiger charge is 2.16. The van der Waals surface area contributed by atoms with Crippen LogP contribution in [0.15, 0.2) is 47.4 Å². The van der Waals surface area contributed by atoms with Gasteiger partial charge in [-0.05, 0) is 32.4 Å². The lowest BCUT2D eigenvalue weighted by Gasteiger charge is -2.21. The zero-order valence-corrected chi connectivity index (χ0v) is 11.8. The minimum Gasteiger partial charge on any atom is -0.339 e. The molecule has 2 aromatic heterocycles. The average molecular weight is 267 g/mol. The molecule has 0 aliphatic carbocycles. The van der Waals surface area contributed by atoms with Crippen molar-refractivity contribution in [2.24, 2.45) is 0 Å². The fourth-order valence-corrected chi connectivity index (χ4v) is 2.25. The second-order valence-electron chi connectivity index (χ2n) is 5.92. The highest BCUT2D eigenvalue weighted by atomic mass is 16.1. The molecule has 0 saturated heterocycles. The first kappa shape index (κ1) is 12.7. The maximum absolute atomic E-state index is 12.1. The maximum Gasteiger partial charge on any atom is 0.350 e. The molecule has 0 radical (unpaired) electrons. The minimum absolute atomic E-state index is 0.230. The Balaban J connectivity index is 2.20. The van der Waals surface area contributed by atoms with Gasteiger partial charge in [0.15, 0.2) is 0 Å². The van der Waals surface area contributed by atoms with Gasteiger partial charge in [0.25, 0.3) is 0 Å². The quantitative estimate of drug-likeness (QED) is 0.736. The van der Waals surface area contributed by atoms with Gasteiger partial charge in [-0.1, -0.05) is 30.3 Å². The number of rotatable bonds is 1. The first-order valence-electron chi connectivity index (χ1n) is 6.63. The summed E-state index contributed by atoms with van der Waals surface area (Å²) in [5.41, 5.74) is 2.18. The van der Waals surface area contributed by atoms with E-state index in [1.54, 1.807) is 4.57 Å². The van der Waals surface area contributed by atoms with Crippen LogP contribution in [0.3, 0.4) is 0 Å². The summed E-state index contributed by atoms with van der Waals surface area (Å²) in [6, 6.07) is 12.0. The molecule has 0 bridgehead atoms. The molecule has 4 heteroatoms. The first-order chi connectivity index (χ1) is 9.45. The van der Waals surface area contributed by atoms with E-state index in [2.05, 4.69) is 9.97 Å². The van der Waals surface area contributed by atoms with Crippen molar-refractivity contribution in [3.63, 3.8) is 0 Å². The molecular weight excluding hydrogens is 250 g/mol. The predicted molar refractivity (Wildman–Crippen MR) is 80.8 cm³/mol. The molecule has 1 aromatic carbocycles. The van der Waals surface area contributed by atoms with Crippen molar-refractivity contribution in [2.45, 2.75) is 26.3 Å². The summed E-state index contributed by atoms with van der Waals surface area (Å²) in [6.07, 6.45) is 1.87. The van der Waals surface area contributed by atoms with Crippen LogP contribution < -0.4 is 5.69 Å². The summed E-state index contributed by atoms with van der Waals surface area (Å²) in [7, 11) is 0. The minimum atomic E-state index is -0.275. The molecule has 0 unspecified atom stereocenters. The smallest absolute Gasteiger partial charge is 0.339 e. The van der Waals surface area contributed by atoms with E-state index in [0.717, 1.165) is 16.6 Å². The van der Waals surface area contributed by atoms with Gasteiger partial charge in [-0.2, -0.15) is 4.98 Å². The lowest BCUT2D eigenvalue weighted by Crippen LogP contribution is -2.34. The van der Waals surface area contributed by atoms with Gasteiger partial charge in [0.1, 0.15) is 5.65 Å². The highest BCUT2D eigenvalue weighted by molar-refractivity contribution is 5.82. The Labute approximate surface area is 117 Å². The average Bonchev–Trinajstić information content (AvgIpc) is 2.80. The number of benzene rings is 1. The van der Waals surface area contributed by atoms with Gasteiger partial charge >= 0.3 is 5.69 Å². The van der Waals surface area contributed by atoms with Crippen LogP contribution >= 0.6 is 0 Å². The number of aromatic amines is 1. The van der Waals surface area contributed by atoms with Gasteiger partial charge in [0, 0.05) is 22.8 Å². The molecule has 0 atom stereocenters. The second-order valence-corrected chi connectivity index (χ2v) is 5.92. The Morgan fingerprint density at radius 2 is 1.85 bits per heavy atom. The van der Waals surface area contributed by atoms with Crippen molar-refractivity contribution in [1.82, 2.24) is 14.5 Å². The third kappa shape index (κ3) is 2.13. The number of nitrogens with zero attached hydrogens (tertiary/aromatic N) is 2. The Morgan fingerprint density at radius 1 is 1.15 bits per heavy atom.